The van der Waals surface area contributed by atoms with Crippen LogP contribution in [0, 0.1) is 0 Å². The first-order valence-corrected chi connectivity index (χ1v) is 6.81. The lowest BCUT2D eigenvalue weighted by molar-refractivity contribution is 0.670. The van der Waals surface area contributed by atoms with Gasteiger partial charge in [0.15, 0.2) is 0 Å². The third kappa shape index (κ3) is 1.91. The Hall–Kier alpha value is -1.72. The Morgan fingerprint density at radius 2 is 2.28 bits per heavy atom. The molecule has 0 saturated carbocycles. The smallest absolute Gasteiger partial charge is 0.0998 e. The summed E-state index contributed by atoms with van der Waals surface area (Å²) in [6.45, 7) is 2.04. The zero-order valence-electron chi connectivity index (χ0n) is 10.1. The Morgan fingerprint density at radius 3 is 3.11 bits per heavy atom. The van der Waals surface area contributed by atoms with Gasteiger partial charge < -0.3 is 5.73 Å². The molecule has 5 heteroatoms. The lowest BCUT2D eigenvalue weighted by atomic mass is 10.2. The summed E-state index contributed by atoms with van der Waals surface area (Å²) < 4.78 is 3.06. The van der Waals surface area contributed by atoms with Crippen LogP contribution < -0.4 is 5.73 Å². The van der Waals surface area contributed by atoms with E-state index in [0.717, 1.165) is 17.8 Å². The number of aromatic nitrogens is 3. The van der Waals surface area contributed by atoms with Crippen molar-refractivity contribution < 1.29 is 0 Å². The van der Waals surface area contributed by atoms with Crippen molar-refractivity contribution >= 4 is 21.4 Å². The van der Waals surface area contributed by atoms with Gasteiger partial charge in [0.25, 0.3) is 0 Å². The molecule has 0 saturated heterocycles. The van der Waals surface area contributed by atoms with Crippen LogP contribution in [0.4, 0.5) is 0 Å². The van der Waals surface area contributed by atoms with E-state index in [4.69, 9.17) is 5.73 Å². The minimum absolute atomic E-state index is 0.0383. The molecule has 1 atom stereocenters. The van der Waals surface area contributed by atoms with Crippen LogP contribution in [0.5, 0.6) is 0 Å². The van der Waals surface area contributed by atoms with Crippen molar-refractivity contribution in [1.29, 1.82) is 0 Å². The van der Waals surface area contributed by atoms with Crippen LogP contribution in [0.15, 0.2) is 35.8 Å². The first-order valence-electron chi connectivity index (χ1n) is 5.93. The fraction of sp³-hybridized carbons (Fsp3) is 0.231. The van der Waals surface area contributed by atoms with Crippen LogP contribution in [0.1, 0.15) is 25.1 Å². The Bertz CT molecular complexity index is 670. The normalized spacial score (nSPS) is 13.0. The van der Waals surface area contributed by atoms with Crippen LogP contribution in [0.25, 0.3) is 15.8 Å². The van der Waals surface area contributed by atoms with E-state index in [-0.39, 0.29) is 6.04 Å². The van der Waals surface area contributed by atoms with Crippen molar-refractivity contribution in [3.05, 3.63) is 41.5 Å². The predicted octanol–water partition coefficient (Wildman–Crippen LogP) is 2.89. The Kier molecular flexibility index (Phi) is 2.85. The highest BCUT2D eigenvalue weighted by atomic mass is 32.1. The van der Waals surface area contributed by atoms with Gasteiger partial charge in [-0.05, 0) is 41.5 Å². The summed E-state index contributed by atoms with van der Waals surface area (Å²) in [6, 6.07) is 8.34. The third-order valence-electron chi connectivity index (χ3n) is 3.03. The lowest BCUT2D eigenvalue weighted by Crippen LogP contribution is -2.08. The van der Waals surface area contributed by atoms with E-state index in [2.05, 4.69) is 40.0 Å². The summed E-state index contributed by atoms with van der Waals surface area (Å²) in [4.78, 5) is 0. The highest BCUT2D eigenvalue weighted by molar-refractivity contribution is 7.17. The highest BCUT2D eigenvalue weighted by Crippen LogP contribution is 2.23. The zero-order chi connectivity index (χ0) is 12.5. The quantitative estimate of drug-likeness (QED) is 0.786. The minimum atomic E-state index is -0.0383. The van der Waals surface area contributed by atoms with Gasteiger partial charge in [-0.3, -0.25) is 0 Å². The number of hydrogen-bond acceptors (Lipinski definition) is 4. The van der Waals surface area contributed by atoms with Gasteiger partial charge in [-0.25, -0.2) is 4.68 Å². The van der Waals surface area contributed by atoms with Crippen LogP contribution >= 0.6 is 11.3 Å². The second-order valence-electron chi connectivity index (χ2n) is 4.25. The van der Waals surface area contributed by atoms with Gasteiger partial charge in [0, 0.05) is 4.70 Å². The minimum Gasteiger partial charge on any atom is -0.323 e. The number of nitrogens with two attached hydrogens (primary N) is 1. The molecule has 1 unspecified atom stereocenters. The number of rotatable bonds is 3. The largest absolute Gasteiger partial charge is 0.323 e. The second kappa shape index (κ2) is 4.51. The van der Waals surface area contributed by atoms with Crippen molar-refractivity contribution in [2.45, 2.75) is 19.4 Å². The zero-order valence-corrected chi connectivity index (χ0v) is 10.9. The Labute approximate surface area is 109 Å². The molecule has 2 heterocycles. The van der Waals surface area contributed by atoms with Crippen molar-refractivity contribution in [1.82, 2.24) is 15.0 Å². The molecule has 18 heavy (non-hydrogen) atoms. The van der Waals surface area contributed by atoms with Gasteiger partial charge in [-0.1, -0.05) is 12.1 Å². The van der Waals surface area contributed by atoms with Crippen LogP contribution in [-0.4, -0.2) is 15.0 Å². The van der Waals surface area contributed by atoms with Gasteiger partial charge in [0.05, 0.1) is 23.6 Å². The lowest BCUT2D eigenvalue weighted by Gasteiger charge is -2.02. The molecule has 0 radical (unpaired) electrons. The standard InChI is InChI=1S/C13H14N4S/c1-2-11(14)12-8-17(16-15-12)10-3-4-13-9(7-10)5-6-18-13/h3-8,11H,2,14H2,1H3. The van der Waals surface area contributed by atoms with E-state index in [0.29, 0.717) is 0 Å². The van der Waals surface area contributed by atoms with Gasteiger partial charge in [0.1, 0.15) is 0 Å². The topological polar surface area (TPSA) is 56.7 Å². The maximum atomic E-state index is 5.95. The summed E-state index contributed by atoms with van der Waals surface area (Å²) in [5, 5.41) is 11.6. The van der Waals surface area contributed by atoms with Crippen molar-refractivity contribution in [3.63, 3.8) is 0 Å². The molecule has 2 aromatic heterocycles. The van der Waals surface area contributed by atoms with Crippen molar-refractivity contribution in [3.8, 4) is 5.69 Å². The van der Waals surface area contributed by atoms with E-state index in [1.165, 1.54) is 10.1 Å². The first-order chi connectivity index (χ1) is 8.78. The molecule has 4 nitrogen and oxygen atoms in total. The van der Waals surface area contributed by atoms with Crippen molar-refractivity contribution in [2.24, 2.45) is 5.73 Å². The fourth-order valence-corrected chi connectivity index (χ4v) is 2.65. The maximum Gasteiger partial charge on any atom is 0.0998 e. The molecular weight excluding hydrogens is 244 g/mol. The molecule has 3 aromatic rings. The Balaban J connectivity index is 2.00. The number of hydrogen-bond donors (Lipinski definition) is 1. The molecule has 0 fully saturated rings. The van der Waals surface area contributed by atoms with Crippen LogP contribution in [-0.2, 0) is 0 Å². The van der Waals surface area contributed by atoms with Gasteiger partial charge in [0.2, 0.25) is 0 Å². The molecule has 1 aromatic carbocycles. The van der Waals surface area contributed by atoms with E-state index < -0.39 is 0 Å². The average molecular weight is 258 g/mol. The average Bonchev–Trinajstić information content (AvgIpc) is 3.05. The highest BCUT2D eigenvalue weighted by Gasteiger charge is 2.09. The van der Waals surface area contributed by atoms with Crippen molar-refractivity contribution in [2.75, 3.05) is 0 Å². The molecule has 0 spiro atoms. The number of thiophene rings is 1. The van der Waals surface area contributed by atoms with Crippen LogP contribution in [0.2, 0.25) is 0 Å². The molecule has 0 bridgehead atoms. The molecule has 0 amide bonds. The van der Waals surface area contributed by atoms with Crippen LogP contribution in [0.3, 0.4) is 0 Å². The van der Waals surface area contributed by atoms with Gasteiger partial charge in [-0.2, -0.15) is 0 Å². The molecule has 3 rings (SSSR count). The molecular formula is C13H14N4S. The second-order valence-corrected chi connectivity index (χ2v) is 5.19. The number of nitrogens with zero attached hydrogens (tertiary/aromatic N) is 3. The SMILES string of the molecule is CCC(N)c1cn(-c2ccc3sccc3c2)nn1. The van der Waals surface area contributed by atoms with E-state index in [9.17, 15) is 0 Å². The molecule has 92 valence electrons. The summed E-state index contributed by atoms with van der Waals surface area (Å²) >= 11 is 1.74. The van der Waals surface area contributed by atoms with E-state index >= 15 is 0 Å². The van der Waals surface area contributed by atoms with Gasteiger partial charge in [-0.15, -0.1) is 16.4 Å². The summed E-state index contributed by atoms with van der Waals surface area (Å²) in [5.74, 6) is 0. The fourth-order valence-electron chi connectivity index (χ4n) is 1.88. The number of benzene rings is 1. The first kappa shape index (κ1) is 11.4. The summed E-state index contributed by atoms with van der Waals surface area (Å²) in [7, 11) is 0. The van der Waals surface area contributed by atoms with Gasteiger partial charge >= 0.3 is 0 Å². The van der Waals surface area contributed by atoms with E-state index in [1.807, 2.05) is 13.1 Å². The van der Waals surface area contributed by atoms with E-state index in [1.54, 1.807) is 16.0 Å². The summed E-state index contributed by atoms with van der Waals surface area (Å²) in [5.41, 5.74) is 7.80. The molecule has 0 aliphatic heterocycles. The monoisotopic (exact) mass is 258 g/mol. The summed E-state index contributed by atoms with van der Waals surface area (Å²) in [6.07, 6.45) is 2.77. The molecule has 2 N–H and O–H groups in total. The maximum absolute atomic E-state index is 5.95. The number of fused-ring (bicyclic) bond motifs is 1. The molecule has 0 aliphatic carbocycles. The predicted molar refractivity (Wildman–Crippen MR) is 74.0 cm³/mol. The molecule has 0 aliphatic rings. The third-order valence-corrected chi connectivity index (χ3v) is 3.93. The Morgan fingerprint density at radius 1 is 1.39 bits per heavy atom.